The number of piperidine rings is 1. The number of rotatable bonds is 3. The molecule has 2 nitrogen and oxygen atoms in total. The predicted octanol–water partition coefficient (Wildman–Crippen LogP) is 1.97. The molecule has 1 aromatic rings. The van der Waals surface area contributed by atoms with E-state index in [1.165, 1.54) is 0 Å². The van der Waals surface area contributed by atoms with E-state index in [9.17, 15) is 13.2 Å². The van der Waals surface area contributed by atoms with Gasteiger partial charge in [-0.3, -0.25) is 0 Å². The first-order chi connectivity index (χ1) is 8.58. The molecular weight excluding hydrogens is 241 g/mol. The van der Waals surface area contributed by atoms with E-state index in [2.05, 4.69) is 5.32 Å². The minimum Gasteiger partial charge on any atom is -0.327 e. The maximum absolute atomic E-state index is 13.5. The molecule has 1 aliphatic heterocycles. The first-order valence-electron chi connectivity index (χ1n) is 6.17. The van der Waals surface area contributed by atoms with Crippen LogP contribution in [0.1, 0.15) is 18.4 Å². The summed E-state index contributed by atoms with van der Waals surface area (Å²) in [6, 6.07) is 1.28. The zero-order valence-corrected chi connectivity index (χ0v) is 10.1. The van der Waals surface area contributed by atoms with Crippen molar-refractivity contribution < 1.29 is 13.2 Å². The second-order valence-corrected chi connectivity index (χ2v) is 4.81. The van der Waals surface area contributed by atoms with Gasteiger partial charge in [-0.25, -0.2) is 13.2 Å². The van der Waals surface area contributed by atoms with Gasteiger partial charge in [-0.05, 0) is 49.9 Å². The van der Waals surface area contributed by atoms with Crippen molar-refractivity contribution in [2.75, 3.05) is 13.1 Å². The molecule has 1 atom stereocenters. The van der Waals surface area contributed by atoms with Crippen molar-refractivity contribution in [3.63, 3.8) is 0 Å². The zero-order chi connectivity index (χ0) is 13.1. The maximum atomic E-state index is 13.5. The van der Waals surface area contributed by atoms with Gasteiger partial charge in [0.05, 0.1) is 0 Å². The Bertz CT molecular complexity index is 417. The molecule has 0 unspecified atom stereocenters. The summed E-state index contributed by atoms with van der Waals surface area (Å²) in [7, 11) is 0. The third-order valence-corrected chi connectivity index (χ3v) is 3.53. The molecule has 1 aromatic carbocycles. The average Bonchev–Trinajstić information content (AvgIpc) is 2.37. The van der Waals surface area contributed by atoms with Crippen LogP contribution in [-0.4, -0.2) is 19.1 Å². The van der Waals surface area contributed by atoms with Gasteiger partial charge in [-0.2, -0.15) is 0 Å². The number of hydrogen-bond acceptors (Lipinski definition) is 2. The van der Waals surface area contributed by atoms with Gasteiger partial charge >= 0.3 is 0 Å². The Morgan fingerprint density at radius 1 is 1.11 bits per heavy atom. The molecule has 0 aromatic heterocycles. The molecule has 100 valence electrons. The number of nitrogens with one attached hydrogen (secondary N) is 1. The molecule has 0 amide bonds. The molecule has 0 aliphatic carbocycles. The third-order valence-electron chi connectivity index (χ3n) is 3.53. The molecule has 5 heteroatoms. The smallest absolute Gasteiger partial charge is 0.161 e. The fourth-order valence-electron chi connectivity index (χ4n) is 2.41. The van der Waals surface area contributed by atoms with E-state index in [4.69, 9.17) is 5.73 Å². The highest BCUT2D eigenvalue weighted by Crippen LogP contribution is 2.21. The van der Waals surface area contributed by atoms with Crippen LogP contribution in [0.25, 0.3) is 0 Å². The molecule has 2 rings (SSSR count). The molecule has 0 radical (unpaired) electrons. The summed E-state index contributed by atoms with van der Waals surface area (Å²) in [5.74, 6) is -2.60. The van der Waals surface area contributed by atoms with Crippen LogP contribution in [0.4, 0.5) is 13.2 Å². The Kier molecular flexibility index (Phi) is 4.24. The van der Waals surface area contributed by atoms with Crippen molar-refractivity contribution in [1.29, 1.82) is 0 Å². The Labute approximate surface area is 104 Å². The van der Waals surface area contributed by atoms with Crippen molar-refractivity contribution in [1.82, 2.24) is 5.32 Å². The summed E-state index contributed by atoms with van der Waals surface area (Å²) >= 11 is 0. The highest BCUT2D eigenvalue weighted by atomic mass is 19.2. The zero-order valence-electron chi connectivity index (χ0n) is 10.1. The molecule has 18 heavy (non-hydrogen) atoms. The molecular formula is C13H17F3N2. The molecule has 0 saturated carbocycles. The molecule has 3 N–H and O–H groups in total. The minimum atomic E-state index is -1.16. The van der Waals surface area contributed by atoms with Crippen molar-refractivity contribution in [2.45, 2.75) is 25.3 Å². The van der Waals surface area contributed by atoms with Crippen molar-refractivity contribution >= 4 is 0 Å². The molecule has 1 saturated heterocycles. The van der Waals surface area contributed by atoms with Crippen LogP contribution in [0.2, 0.25) is 0 Å². The van der Waals surface area contributed by atoms with Crippen LogP contribution in [0.3, 0.4) is 0 Å². The lowest BCUT2D eigenvalue weighted by molar-refractivity contribution is 0.314. The van der Waals surface area contributed by atoms with Gasteiger partial charge in [0.1, 0.15) is 5.82 Å². The number of nitrogens with two attached hydrogens (primary N) is 1. The van der Waals surface area contributed by atoms with Gasteiger partial charge in [0.2, 0.25) is 0 Å². The van der Waals surface area contributed by atoms with Gasteiger partial charge in [0.15, 0.2) is 11.6 Å². The summed E-state index contributed by atoms with van der Waals surface area (Å²) < 4.78 is 39.3. The molecule has 1 aliphatic rings. The number of benzene rings is 1. The van der Waals surface area contributed by atoms with Gasteiger partial charge in [-0.1, -0.05) is 0 Å². The van der Waals surface area contributed by atoms with E-state index in [1.807, 2.05) is 0 Å². The van der Waals surface area contributed by atoms with Gasteiger partial charge < -0.3 is 11.1 Å². The van der Waals surface area contributed by atoms with E-state index in [0.29, 0.717) is 12.0 Å². The van der Waals surface area contributed by atoms with Crippen molar-refractivity contribution in [3.8, 4) is 0 Å². The van der Waals surface area contributed by atoms with Crippen molar-refractivity contribution in [2.24, 2.45) is 11.7 Å². The van der Waals surface area contributed by atoms with E-state index in [1.54, 1.807) is 0 Å². The summed E-state index contributed by atoms with van der Waals surface area (Å²) in [6.45, 7) is 1.80. The van der Waals surface area contributed by atoms with Gasteiger partial charge in [0, 0.05) is 12.1 Å². The number of hydrogen-bond donors (Lipinski definition) is 2. The summed E-state index contributed by atoms with van der Waals surface area (Å²) in [6.07, 6.45) is 2.12. The van der Waals surface area contributed by atoms with E-state index < -0.39 is 17.5 Å². The first-order valence-corrected chi connectivity index (χ1v) is 6.17. The number of halogens is 3. The van der Waals surface area contributed by atoms with Gasteiger partial charge in [-0.15, -0.1) is 0 Å². The third kappa shape index (κ3) is 3.03. The van der Waals surface area contributed by atoms with E-state index in [0.717, 1.165) is 32.0 Å². The monoisotopic (exact) mass is 258 g/mol. The molecule has 1 heterocycles. The minimum absolute atomic E-state index is 0.153. The van der Waals surface area contributed by atoms with Crippen molar-refractivity contribution in [3.05, 3.63) is 35.1 Å². The van der Waals surface area contributed by atoms with Crippen LogP contribution >= 0.6 is 0 Å². The van der Waals surface area contributed by atoms with E-state index in [-0.39, 0.29) is 18.0 Å². The van der Waals surface area contributed by atoms with Crippen LogP contribution in [0.5, 0.6) is 0 Å². The SMILES string of the molecule is N[C@H](Cc1cc(F)c(F)cc1F)C1CCNCC1. The Morgan fingerprint density at radius 3 is 2.39 bits per heavy atom. The topological polar surface area (TPSA) is 38.0 Å². The van der Waals surface area contributed by atoms with E-state index >= 15 is 0 Å². The molecule has 0 spiro atoms. The van der Waals surface area contributed by atoms with Crippen LogP contribution in [0, 0.1) is 23.4 Å². The largest absolute Gasteiger partial charge is 0.327 e. The highest BCUT2D eigenvalue weighted by molar-refractivity contribution is 5.21. The first kappa shape index (κ1) is 13.4. The fraction of sp³-hybridized carbons (Fsp3) is 0.538. The average molecular weight is 258 g/mol. The summed E-state index contributed by atoms with van der Waals surface area (Å²) in [5, 5.41) is 3.22. The quantitative estimate of drug-likeness (QED) is 0.813. The maximum Gasteiger partial charge on any atom is 0.161 e. The molecule has 0 bridgehead atoms. The Hall–Kier alpha value is -1.07. The lowest BCUT2D eigenvalue weighted by Gasteiger charge is -2.28. The van der Waals surface area contributed by atoms with Crippen LogP contribution < -0.4 is 11.1 Å². The summed E-state index contributed by atoms with van der Waals surface area (Å²) in [4.78, 5) is 0. The lowest BCUT2D eigenvalue weighted by Crippen LogP contribution is -2.39. The van der Waals surface area contributed by atoms with Gasteiger partial charge in [0.25, 0.3) is 0 Å². The van der Waals surface area contributed by atoms with Crippen LogP contribution in [0.15, 0.2) is 12.1 Å². The van der Waals surface area contributed by atoms with Crippen LogP contribution in [-0.2, 0) is 6.42 Å². The predicted molar refractivity (Wildman–Crippen MR) is 63.6 cm³/mol. The fourth-order valence-corrected chi connectivity index (χ4v) is 2.41. The second-order valence-electron chi connectivity index (χ2n) is 4.81. The summed E-state index contributed by atoms with van der Waals surface area (Å²) in [5.41, 5.74) is 6.18. The second kappa shape index (κ2) is 5.71. The Morgan fingerprint density at radius 2 is 1.72 bits per heavy atom. The Balaban J connectivity index is 2.06. The lowest BCUT2D eigenvalue weighted by atomic mass is 9.87. The standard InChI is InChI=1S/C13H17F3N2/c14-10-7-12(16)11(15)5-9(10)6-13(17)8-1-3-18-4-2-8/h5,7-8,13,18H,1-4,6,17H2/t13-/m1/s1. The highest BCUT2D eigenvalue weighted by Gasteiger charge is 2.22. The molecule has 1 fully saturated rings. The normalized spacial score (nSPS) is 18.9.